The third kappa shape index (κ3) is 5.65. The van der Waals surface area contributed by atoms with Gasteiger partial charge in [-0.2, -0.15) is 0 Å². The van der Waals surface area contributed by atoms with Crippen LogP contribution in [0.5, 0.6) is 0 Å². The second-order valence-electron chi connectivity index (χ2n) is 7.33. The molecule has 1 aromatic heterocycles. The van der Waals surface area contributed by atoms with E-state index in [1.54, 1.807) is 0 Å². The van der Waals surface area contributed by atoms with E-state index < -0.39 is 0 Å². The highest BCUT2D eigenvalue weighted by molar-refractivity contribution is 5.92. The van der Waals surface area contributed by atoms with Crippen LogP contribution >= 0.6 is 0 Å². The lowest BCUT2D eigenvalue weighted by Crippen LogP contribution is -2.44. The van der Waals surface area contributed by atoms with Crippen molar-refractivity contribution in [2.75, 3.05) is 13.1 Å². The Morgan fingerprint density at radius 3 is 2.78 bits per heavy atom. The molecule has 6 heteroatoms. The number of nitrogens with two attached hydrogens (primary N) is 1. The van der Waals surface area contributed by atoms with Crippen molar-refractivity contribution in [3.63, 3.8) is 0 Å². The number of benzene rings is 1. The zero-order chi connectivity index (χ0) is 19.1. The summed E-state index contributed by atoms with van der Waals surface area (Å²) in [6, 6.07) is 10.4. The normalized spacial score (nSPS) is 17.0. The Morgan fingerprint density at radius 1 is 1.33 bits per heavy atom. The van der Waals surface area contributed by atoms with E-state index in [4.69, 9.17) is 10.2 Å². The molecule has 3 N–H and O–H groups in total. The fourth-order valence-electron chi connectivity index (χ4n) is 3.45. The predicted molar refractivity (Wildman–Crippen MR) is 105 cm³/mol. The van der Waals surface area contributed by atoms with Gasteiger partial charge in [-0.15, -0.1) is 0 Å². The van der Waals surface area contributed by atoms with Gasteiger partial charge in [0.1, 0.15) is 6.26 Å². The molecule has 0 bridgehead atoms. The van der Waals surface area contributed by atoms with Crippen LogP contribution in [0, 0.1) is 0 Å². The van der Waals surface area contributed by atoms with Gasteiger partial charge >= 0.3 is 0 Å². The zero-order valence-electron chi connectivity index (χ0n) is 16.1. The largest absolute Gasteiger partial charge is 0.446 e. The number of nitrogens with zero attached hydrogens (tertiary/aromatic N) is 2. The van der Waals surface area contributed by atoms with E-state index in [9.17, 15) is 4.79 Å². The van der Waals surface area contributed by atoms with Gasteiger partial charge in [-0.3, -0.25) is 9.69 Å². The maximum Gasteiger partial charge on any atom is 0.273 e. The van der Waals surface area contributed by atoms with E-state index in [1.807, 2.05) is 6.07 Å². The number of hydrogen-bond donors (Lipinski definition) is 2. The lowest BCUT2D eigenvalue weighted by molar-refractivity contribution is 0.0904. The molecule has 0 aliphatic carbocycles. The summed E-state index contributed by atoms with van der Waals surface area (Å²) in [6.07, 6.45) is 6.22. The fraction of sp³-hybridized carbons (Fsp3) is 0.524. The summed E-state index contributed by atoms with van der Waals surface area (Å²) < 4.78 is 5.41. The smallest absolute Gasteiger partial charge is 0.273 e. The lowest BCUT2D eigenvalue weighted by Gasteiger charge is -2.32. The fourth-order valence-corrected chi connectivity index (χ4v) is 3.45. The summed E-state index contributed by atoms with van der Waals surface area (Å²) in [6.45, 7) is 5.04. The Balaban J connectivity index is 1.45. The van der Waals surface area contributed by atoms with Crippen LogP contribution in [-0.4, -0.2) is 34.9 Å². The number of carbonyl (C=O) groups excluding carboxylic acids is 1. The molecule has 1 aliphatic heterocycles. The number of piperidine rings is 1. The first-order chi connectivity index (χ1) is 13.2. The van der Waals surface area contributed by atoms with Crippen LogP contribution in [0.3, 0.4) is 0 Å². The highest BCUT2D eigenvalue weighted by atomic mass is 16.3. The van der Waals surface area contributed by atoms with Crippen LogP contribution in [0.25, 0.3) is 0 Å². The zero-order valence-corrected chi connectivity index (χ0v) is 16.1. The van der Waals surface area contributed by atoms with Crippen LogP contribution in [0.4, 0.5) is 0 Å². The van der Waals surface area contributed by atoms with Gasteiger partial charge in [0.2, 0.25) is 5.89 Å². The number of amides is 1. The number of aromatic nitrogens is 1. The monoisotopic (exact) mass is 370 g/mol. The Hall–Kier alpha value is -2.18. The first-order valence-corrected chi connectivity index (χ1v) is 9.94. The number of rotatable bonds is 8. The maximum atomic E-state index is 12.4. The van der Waals surface area contributed by atoms with Crippen molar-refractivity contribution in [1.29, 1.82) is 0 Å². The minimum Gasteiger partial charge on any atom is -0.446 e. The second-order valence-corrected chi connectivity index (χ2v) is 7.33. The number of oxazole rings is 1. The summed E-state index contributed by atoms with van der Waals surface area (Å²) in [5.41, 5.74) is 7.71. The van der Waals surface area contributed by atoms with Gasteiger partial charge in [0, 0.05) is 25.7 Å². The highest BCUT2D eigenvalue weighted by Gasteiger charge is 2.23. The SMILES string of the molecule is CCCCC(N)c1nc(C(=O)NC2CCN(Cc3ccccc3)CC2)co1. The van der Waals surface area contributed by atoms with Gasteiger partial charge in [-0.25, -0.2) is 4.98 Å². The molecular weight excluding hydrogens is 340 g/mol. The summed E-state index contributed by atoms with van der Waals surface area (Å²) in [4.78, 5) is 19.2. The van der Waals surface area contributed by atoms with E-state index in [0.29, 0.717) is 11.6 Å². The van der Waals surface area contributed by atoms with Gasteiger partial charge in [0.15, 0.2) is 5.69 Å². The number of hydrogen-bond acceptors (Lipinski definition) is 5. The standard InChI is InChI=1S/C21H30N4O2/c1-2-3-9-18(22)21-24-19(15-27-21)20(26)23-17-10-12-25(13-11-17)14-16-7-5-4-6-8-16/h4-8,15,17-18H,2-3,9-14,22H2,1H3,(H,23,26). The quantitative estimate of drug-likeness (QED) is 0.745. The van der Waals surface area contributed by atoms with Crippen LogP contribution in [0.15, 0.2) is 41.0 Å². The van der Waals surface area contributed by atoms with E-state index in [0.717, 1.165) is 51.7 Å². The van der Waals surface area contributed by atoms with E-state index >= 15 is 0 Å². The highest BCUT2D eigenvalue weighted by Crippen LogP contribution is 2.17. The third-order valence-electron chi connectivity index (χ3n) is 5.11. The summed E-state index contributed by atoms with van der Waals surface area (Å²) in [7, 11) is 0. The number of unbranched alkanes of at least 4 members (excludes halogenated alkanes) is 1. The number of likely N-dealkylation sites (tertiary alicyclic amines) is 1. The summed E-state index contributed by atoms with van der Waals surface area (Å²) in [5, 5.41) is 3.09. The molecule has 3 rings (SSSR count). The first-order valence-electron chi connectivity index (χ1n) is 9.94. The van der Waals surface area contributed by atoms with Gasteiger partial charge in [-0.1, -0.05) is 50.1 Å². The molecule has 2 aromatic rings. The van der Waals surface area contributed by atoms with E-state index in [1.165, 1.54) is 11.8 Å². The van der Waals surface area contributed by atoms with Crippen molar-refractivity contribution >= 4 is 5.91 Å². The molecule has 1 amide bonds. The molecule has 146 valence electrons. The topological polar surface area (TPSA) is 84.4 Å². The van der Waals surface area contributed by atoms with Gasteiger partial charge in [-0.05, 0) is 24.8 Å². The molecule has 27 heavy (non-hydrogen) atoms. The summed E-state index contributed by atoms with van der Waals surface area (Å²) >= 11 is 0. The van der Waals surface area contributed by atoms with Crippen LogP contribution < -0.4 is 11.1 Å². The van der Waals surface area contributed by atoms with Crippen LogP contribution in [0.1, 0.15) is 67.0 Å². The minimum absolute atomic E-state index is 0.172. The molecule has 1 aliphatic rings. The summed E-state index contributed by atoms with van der Waals surface area (Å²) in [5.74, 6) is 0.278. The molecule has 1 unspecified atom stereocenters. The average Bonchev–Trinajstić information content (AvgIpc) is 3.19. The minimum atomic E-state index is -0.243. The number of nitrogens with one attached hydrogen (secondary N) is 1. The molecule has 1 fully saturated rings. The predicted octanol–water partition coefficient (Wildman–Crippen LogP) is 3.26. The molecule has 0 radical (unpaired) electrons. The Labute approximate surface area is 161 Å². The maximum absolute atomic E-state index is 12.4. The van der Waals surface area contributed by atoms with Crippen molar-refractivity contribution in [2.24, 2.45) is 5.73 Å². The Bertz CT molecular complexity index is 708. The van der Waals surface area contributed by atoms with Crippen LogP contribution in [0.2, 0.25) is 0 Å². The van der Waals surface area contributed by atoms with E-state index in [-0.39, 0.29) is 18.0 Å². The van der Waals surface area contributed by atoms with Crippen molar-refractivity contribution in [2.45, 2.75) is 57.7 Å². The second kappa shape index (κ2) is 9.67. The van der Waals surface area contributed by atoms with E-state index in [2.05, 4.69) is 46.4 Å². The lowest BCUT2D eigenvalue weighted by atomic mass is 10.0. The molecular formula is C21H30N4O2. The van der Waals surface area contributed by atoms with Gasteiger partial charge in [0.05, 0.1) is 6.04 Å². The van der Waals surface area contributed by atoms with Crippen molar-refractivity contribution in [3.05, 3.63) is 53.7 Å². The number of carbonyl (C=O) groups is 1. The Kier molecular flexibility index (Phi) is 7.01. The molecule has 6 nitrogen and oxygen atoms in total. The first kappa shape index (κ1) is 19.6. The van der Waals surface area contributed by atoms with Gasteiger partial charge in [0.25, 0.3) is 5.91 Å². The molecule has 0 saturated carbocycles. The molecule has 1 aromatic carbocycles. The van der Waals surface area contributed by atoms with Crippen molar-refractivity contribution in [1.82, 2.24) is 15.2 Å². The van der Waals surface area contributed by atoms with Crippen LogP contribution in [-0.2, 0) is 6.54 Å². The molecule has 1 atom stereocenters. The van der Waals surface area contributed by atoms with Crippen molar-refractivity contribution in [3.8, 4) is 0 Å². The third-order valence-corrected chi connectivity index (χ3v) is 5.11. The molecule has 2 heterocycles. The molecule has 1 saturated heterocycles. The van der Waals surface area contributed by atoms with Gasteiger partial charge < -0.3 is 15.5 Å². The molecule has 0 spiro atoms. The van der Waals surface area contributed by atoms with Crippen molar-refractivity contribution < 1.29 is 9.21 Å². The average molecular weight is 370 g/mol. The Morgan fingerprint density at radius 2 is 2.07 bits per heavy atom.